The van der Waals surface area contributed by atoms with Crippen LogP contribution in [0.2, 0.25) is 0 Å². The first-order valence-corrected chi connectivity index (χ1v) is 13.2. The van der Waals surface area contributed by atoms with Crippen LogP contribution in [-0.4, -0.2) is 34.9 Å². The van der Waals surface area contributed by atoms with Gasteiger partial charge in [0.05, 0.1) is 0 Å². The van der Waals surface area contributed by atoms with E-state index in [4.69, 9.17) is 0 Å². The lowest BCUT2D eigenvalue weighted by Gasteiger charge is -2.37. The molecule has 0 radical (unpaired) electrons. The molecule has 1 aliphatic carbocycles. The summed E-state index contributed by atoms with van der Waals surface area (Å²) in [7, 11) is 0. The maximum absolute atomic E-state index is 14.9. The fourth-order valence-corrected chi connectivity index (χ4v) is 5.53. The van der Waals surface area contributed by atoms with E-state index >= 15 is 0 Å². The Morgan fingerprint density at radius 1 is 1.20 bits per heavy atom. The van der Waals surface area contributed by atoms with Crippen LogP contribution in [0.3, 0.4) is 0 Å². The fraction of sp³-hybridized carbons (Fsp3) is 0.516. The monoisotopic (exact) mass is 476 g/mol. The van der Waals surface area contributed by atoms with E-state index in [9.17, 15) is 9.18 Å². The molecular formula is C31H41FN2O. The van der Waals surface area contributed by atoms with E-state index in [1.807, 2.05) is 0 Å². The molecule has 35 heavy (non-hydrogen) atoms. The van der Waals surface area contributed by atoms with Crippen molar-refractivity contribution in [3.8, 4) is 0 Å². The molecule has 0 bridgehead atoms. The molecule has 0 N–H and O–H groups in total. The molecule has 2 aliphatic rings. The van der Waals surface area contributed by atoms with E-state index < -0.39 is 0 Å². The summed E-state index contributed by atoms with van der Waals surface area (Å²) in [4.78, 5) is 14.3. The van der Waals surface area contributed by atoms with Crippen molar-refractivity contribution in [3.05, 3.63) is 69.1 Å². The lowest BCUT2D eigenvalue weighted by atomic mass is 9.88. The summed E-state index contributed by atoms with van der Waals surface area (Å²) in [6, 6.07) is 4.91. The highest BCUT2D eigenvalue weighted by atomic mass is 19.1. The minimum Gasteiger partial charge on any atom is -0.344 e. The number of allylic oxidation sites excluding steroid dienone is 2. The van der Waals surface area contributed by atoms with Gasteiger partial charge in [-0.2, -0.15) is 0 Å². The molecule has 1 fully saturated rings. The number of likely N-dealkylation sites (tertiary alicyclic amines) is 1. The summed E-state index contributed by atoms with van der Waals surface area (Å²) in [6.07, 6.45) is 13.9. The van der Waals surface area contributed by atoms with Crippen molar-refractivity contribution in [1.29, 1.82) is 0 Å². The van der Waals surface area contributed by atoms with Gasteiger partial charge in [0.15, 0.2) is 5.78 Å². The van der Waals surface area contributed by atoms with Crippen LogP contribution in [0.1, 0.15) is 80.6 Å². The number of halogens is 1. The molecule has 4 heteroatoms. The number of fused-ring (bicyclic) bond motifs is 1. The molecule has 4 rings (SSSR count). The van der Waals surface area contributed by atoms with Gasteiger partial charge in [0.25, 0.3) is 0 Å². The van der Waals surface area contributed by atoms with Gasteiger partial charge in [-0.05, 0) is 92.4 Å². The maximum atomic E-state index is 14.9. The molecule has 188 valence electrons. The number of hydrogen-bond donors (Lipinski definition) is 0. The number of carbonyl (C=O) groups is 1. The number of nitrogens with zero attached hydrogens (tertiary/aromatic N) is 2. The Morgan fingerprint density at radius 2 is 1.94 bits per heavy atom. The Morgan fingerprint density at radius 3 is 2.60 bits per heavy atom. The largest absolute Gasteiger partial charge is 0.344 e. The second-order valence-electron chi connectivity index (χ2n) is 11.3. The molecule has 0 atom stereocenters. The zero-order valence-electron chi connectivity index (χ0n) is 22.2. The smallest absolute Gasteiger partial charge is 0.159 e. The number of rotatable bonds is 8. The van der Waals surface area contributed by atoms with Crippen molar-refractivity contribution < 1.29 is 9.18 Å². The van der Waals surface area contributed by atoms with Crippen molar-refractivity contribution in [2.24, 2.45) is 11.3 Å². The number of aromatic nitrogens is 1. The third-order valence-corrected chi connectivity index (χ3v) is 8.17. The van der Waals surface area contributed by atoms with Crippen LogP contribution in [0.25, 0.3) is 12.2 Å². The van der Waals surface area contributed by atoms with Crippen LogP contribution >= 0.6 is 0 Å². The van der Waals surface area contributed by atoms with Crippen LogP contribution in [0.15, 0.2) is 30.4 Å². The van der Waals surface area contributed by atoms with E-state index in [2.05, 4.69) is 61.5 Å². The van der Waals surface area contributed by atoms with Gasteiger partial charge in [0, 0.05) is 36.1 Å². The Bertz CT molecular complexity index is 1230. The lowest BCUT2D eigenvalue weighted by Crippen LogP contribution is -2.41. The van der Waals surface area contributed by atoms with Crippen molar-refractivity contribution in [2.75, 3.05) is 19.6 Å². The summed E-state index contributed by atoms with van der Waals surface area (Å²) in [6.45, 7) is 15.2. The van der Waals surface area contributed by atoms with Crippen molar-refractivity contribution in [3.63, 3.8) is 0 Å². The standard InChI is InChI=1S/C31H41FN2O/c1-6-31(4,5)21-33-16-14-24(15-17-33)20-34-22(2)28(27-10-8-7-9-11-30(27)34)18-26-13-12-25(23(3)35)19-29(26)32/h7,9-13,19,24H,6,8,14-18,20-21H2,1-5H3. The third-order valence-electron chi connectivity index (χ3n) is 8.17. The molecule has 0 unspecified atom stereocenters. The van der Waals surface area contributed by atoms with Gasteiger partial charge >= 0.3 is 0 Å². The number of piperidine rings is 1. The minimum absolute atomic E-state index is 0.107. The summed E-state index contributed by atoms with van der Waals surface area (Å²) in [5.74, 6) is 0.257. The number of benzene rings is 1. The van der Waals surface area contributed by atoms with Gasteiger partial charge < -0.3 is 9.47 Å². The number of ketones is 1. The number of carbonyl (C=O) groups excluding carboxylic acids is 1. The zero-order chi connectivity index (χ0) is 25.2. The van der Waals surface area contributed by atoms with E-state index in [1.54, 1.807) is 12.1 Å². The molecule has 1 aromatic heterocycles. The molecular weight excluding hydrogens is 435 g/mol. The van der Waals surface area contributed by atoms with Crippen molar-refractivity contribution >= 4 is 17.9 Å². The van der Waals surface area contributed by atoms with Crippen LogP contribution < -0.4 is 10.6 Å². The first-order valence-electron chi connectivity index (χ1n) is 13.2. The highest BCUT2D eigenvalue weighted by Crippen LogP contribution is 2.26. The molecule has 0 spiro atoms. The Kier molecular flexibility index (Phi) is 7.80. The van der Waals surface area contributed by atoms with E-state index in [-0.39, 0.29) is 11.6 Å². The normalized spacial score (nSPS) is 17.0. The Labute approximate surface area is 210 Å². The summed E-state index contributed by atoms with van der Waals surface area (Å²) in [5, 5.41) is 2.49. The number of hydrogen-bond acceptors (Lipinski definition) is 2. The number of Topliss-reactive ketones (excluding diaryl/α,β-unsaturated/α-hetero) is 1. The van der Waals surface area contributed by atoms with Crippen molar-refractivity contribution in [1.82, 2.24) is 9.47 Å². The SMILES string of the molecule is CCC(C)(C)CN1CCC(Cn2c(C)c(Cc3ccc(C(C)=O)cc3F)c3c2=CC=CCC=3)CC1. The predicted octanol–water partition coefficient (Wildman–Crippen LogP) is 5.40. The van der Waals surface area contributed by atoms with Gasteiger partial charge in [-0.1, -0.05) is 51.1 Å². The minimum atomic E-state index is -0.295. The van der Waals surface area contributed by atoms with E-state index in [0.717, 1.165) is 13.0 Å². The van der Waals surface area contributed by atoms with Gasteiger partial charge in [0.1, 0.15) is 5.82 Å². The fourth-order valence-electron chi connectivity index (χ4n) is 5.53. The van der Waals surface area contributed by atoms with Gasteiger partial charge in [0.2, 0.25) is 0 Å². The molecule has 1 aromatic carbocycles. The molecule has 2 heterocycles. The van der Waals surface area contributed by atoms with E-state index in [1.165, 1.54) is 73.7 Å². The van der Waals surface area contributed by atoms with Gasteiger partial charge in [-0.25, -0.2) is 4.39 Å². The van der Waals surface area contributed by atoms with Crippen LogP contribution in [-0.2, 0) is 13.0 Å². The second kappa shape index (κ2) is 10.7. The average Bonchev–Trinajstić information content (AvgIpc) is 2.97. The Hall–Kier alpha value is -2.46. The van der Waals surface area contributed by atoms with Crippen LogP contribution in [0.5, 0.6) is 0 Å². The highest BCUT2D eigenvalue weighted by Gasteiger charge is 2.26. The molecule has 0 saturated carbocycles. The zero-order valence-corrected chi connectivity index (χ0v) is 22.2. The van der Waals surface area contributed by atoms with Crippen LogP contribution in [0, 0.1) is 24.1 Å². The molecule has 1 saturated heterocycles. The van der Waals surface area contributed by atoms with Gasteiger partial charge in [-0.15, -0.1) is 0 Å². The molecule has 0 amide bonds. The third kappa shape index (κ3) is 5.86. The van der Waals surface area contributed by atoms with Crippen molar-refractivity contribution in [2.45, 2.75) is 73.3 Å². The topological polar surface area (TPSA) is 25.2 Å². The second-order valence-corrected chi connectivity index (χ2v) is 11.3. The molecule has 3 nitrogen and oxygen atoms in total. The summed E-state index contributed by atoms with van der Waals surface area (Å²) < 4.78 is 17.4. The summed E-state index contributed by atoms with van der Waals surface area (Å²) >= 11 is 0. The average molecular weight is 477 g/mol. The predicted molar refractivity (Wildman–Crippen MR) is 144 cm³/mol. The lowest BCUT2D eigenvalue weighted by molar-refractivity contribution is 0.101. The quantitative estimate of drug-likeness (QED) is 0.477. The van der Waals surface area contributed by atoms with Crippen LogP contribution in [0.4, 0.5) is 4.39 Å². The first-order chi connectivity index (χ1) is 16.7. The maximum Gasteiger partial charge on any atom is 0.159 e. The van der Waals surface area contributed by atoms with Gasteiger partial charge in [-0.3, -0.25) is 4.79 Å². The highest BCUT2D eigenvalue weighted by molar-refractivity contribution is 5.94. The molecule has 1 aliphatic heterocycles. The van der Waals surface area contributed by atoms with E-state index in [0.29, 0.717) is 28.9 Å². The Balaban J connectivity index is 1.58. The molecule has 2 aromatic rings. The summed E-state index contributed by atoms with van der Waals surface area (Å²) in [5.41, 5.74) is 3.90. The first kappa shape index (κ1) is 25.6.